The fourth-order valence-corrected chi connectivity index (χ4v) is 5.52. The zero-order valence-corrected chi connectivity index (χ0v) is 16.4. The molecule has 0 amide bonds. The summed E-state index contributed by atoms with van der Waals surface area (Å²) < 4.78 is 0. The van der Waals surface area contributed by atoms with E-state index in [0.29, 0.717) is 30.1 Å². The van der Waals surface area contributed by atoms with Gasteiger partial charge < -0.3 is 15.3 Å². The Morgan fingerprint density at radius 2 is 1.96 bits per heavy atom. The molecule has 6 atom stereocenters. The lowest BCUT2D eigenvalue weighted by molar-refractivity contribution is -0.137. The smallest absolute Gasteiger partial charge is 0.303 e. The van der Waals surface area contributed by atoms with E-state index >= 15 is 0 Å². The monoisotopic (exact) mass is 374 g/mol. The Bertz CT molecular complexity index is 608. The molecular weight excluding hydrogens is 340 g/mol. The Kier molecular flexibility index (Phi) is 7.00. The van der Waals surface area contributed by atoms with Crippen molar-refractivity contribution < 1.29 is 20.1 Å². The summed E-state index contributed by atoms with van der Waals surface area (Å²) in [6, 6.07) is 0. The maximum atomic E-state index is 10.7. The number of hydrogen-bond acceptors (Lipinski definition) is 3. The van der Waals surface area contributed by atoms with Crippen LogP contribution < -0.4 is 0 Å². The van der Waals surface area contributed by atoms with Gasteiger partial charge in [0.05, 0.1) is 12.0 Å². The molecule has 4 heteroatoms. The molecule has 0 bridgehead atoms. The number of aliphatic carboxylic acids is 1. The second kappa shape index (κ2) is 9.26. The van der Waals surface area contributed by atoms with Crippen molar-refractivity contribution in [1.82, 2.24) is 0 Å². The van der Waals surface area contributed by atoms with E-state index in [1.807, 2.05) is 0 Å². The summed E-state index contributed by atoms with van der Waals surface area (Å²) in [5.41, 5.74) is 1.43. The number of carbonyl (C=O) groups is 1. The normalized spacial score (nSPS) is 36.3. The second-order valence-corrected chi connectivity index (χ2v) is 8.76. The molecule has 0 aromatic carbocycles. The predicted molar refractivity (Wildman–Crippen MR) is 105 cm³/mol. The molecule has 0 radical (unpaired) electrons. The molecular formula is C23H34O4. The first kappa shape index (κ1) is 20.4. The quantitative estimate of drug-likeness (QED) is 0.389. The average molecular weight is 375 g/mol. The third-order valence-corrected chi connectivity index (χ3v) is 7.07. The fourth-order valence-electron chi connectivity index (χ4n) is 5.52. The summed E-state index contributed by atoms with van der Waals surface area (Å²) >= 11 is 0. The molecule has 0 unspecified atom stereocenters. The number of allylic oxidation sites excluding steroid dienone is 2. The van der Waals surface area contributed by atoms with Gasteiger partial charge in [0.15, 0.2) is 0 Å². The molecule has 0 aromatic rings. The highest BCUT2D eigenvalue weighted by Crippen LogP contribution is 2.55. The van der Waals surface area contributed by atoms with Crippen LogP contribution in [-0.2, 0) is 4.79 Å². The lowest BCUT2D eigenvalue weighted by atomic mass is 9.51. The van der Waals surface area contributed by atoms with E-state index in [1.54, 1.807) is 0 Å². The van der Waals surface area contributed by atoms with Crippen LogP contribution in [0.15, 0.2) is 11.6 Å². The van der Waals surface area contributed by atoms with E-state index < -0.39 is 18.2 Å². The topological polar surface area (TPSA) is 77.8 Å². The Labute approximate surface area is 163 Å². The standard InChI is InChI=1S/C23H34O4/c1-15-17(9-5-6-10-22(26)27)18-11-14-21(25)19(23(15)18)12-13-20(24)16-7-3-2-4-8-16/h9,15-16,18-21,23-25H,2-8,10-11,14H2,1H3,(H,26,27)/b17-9-/t15-,18+,19-,20+,21+,23-/m0/s1. The van der Waals surface area contributed by atoms with Crippen LogP contribution in [0.4, 0.5) is 0 Å². The Morgan fingerprint density at radius 1 is 1.22 bits per heavy atom. The van der Waals surface area contributed by atoms with Crippen molar-refractivity contribution in [2.45, 2.75) is 83.3 Å². The molecule has 3 aliphatic carbocycles. The molecule has 0 aromatic heterocycles. The number of fused-ring (bicyclic) bond motifs is 1. The van der Waals surface area contributed by atoms with E-state index in [0.717, 1.165) is 32.1 Å². The summed E-state index contributed by atoms with van der Waals surface area (Å²) in [6.07, 6.45) is 10.5. The molecule has 0 saturated heterocycles. The third-order valence-electron chi connectivity index (χ3n) is 7.07. The van der Waals surface area contributed by atoms with E-state index in [4.69, 9.17) is 5.11 Å². The molecule has 3 rings (SSSR count). The van der Waals surface area contributed by atoms with Crippen LogP contribution in [0.5, 0.6) is 0 Å². The van der Waals surface area contributed by atoms with Crippen LogP contribution in [0.2, 0.25) is 0 Å². The van der Waals surface area contributed by atoms with Gasteiger partial charge in [-0.25, -0.2) is 0 Å². The maximum Gasteiger partial charge on any atom is 0.303 e. The van der Waals surface area contributed by atoms with Gasteiger partial charge in [0.1, 0.15) is 6.10 Å². The molecule has 3 fully saturated rings. The van der Waals surface area contributed by atoms with Gasteiger partial charge in [0.25, 0.3) is 0 Å². The van der Waals surface area contributed by atoms with Crippen LogP contribution >= 0.6 is 0 Å². The Hall–Kier alpha value is -1.31. The molecule has 0 aliphatic heterocycles. The first-order valence-electron chi connectivity index (χ1n) is 10.8. The van der Waals surface area contributed by atoms with E-state index in [1.165, 1.54) is 24.8 Å². The highest BCUT2D eigenvalue weighted by atomic mass is 16.4. The van der Waals surface area contributed by atoms with Crippen molar-refractivity contribution >= 4 is 5.97 Å². The van der Waals surface area contributed by atoms with E-state index in [9.17, 15) is 15.0 Å². The number of aliphatic hydroxyl groups excluding tert-OH is 2. The number of carboxylic acid groups (broad SMARTS) is 1. The SMILES string of the molecule is C[C@H]1/C(=C/CCCC(=O)O)[C@H]2CC[C@@H](O)[C@H](C#C[C@@H](O)C3CCCCC3)[C@H]21. The zero-order chi connectivity index (χ0) is 19.4. The van der Waals surface area contributed by atoms with Crippen molar-refractivity contribution in [1.29, 1.82) is 0 Å². The van der Waals surface area contributed by atoms with Gasteiger partial charge in [-0.1, -0.05) is 49.7 Å². The van der Waals surface area contributed by atoms with Crippen LogP contribution in [0.1, 0.15) is 71.1 Å². The maximum absolute atomic E-state index is 10.7. The zero-order valence-electron chi connectivity index (χ0n) is 16.4. The molecule has 4 nitrogen and oxygen atoms in total. The van der Waals surface area contributed by atoms with Crippen molar-refractivity contribution in [3.05, 3.63) is 11.6 Å². The van der Waals surface area contributed by atoms with Crippen molar-refractivity contribution in [2.24, 2.45) is 29.6 Å². The summed E-state index contributed by atoms with van der Waals surface area (Å²) in [5, 5.41) is 29.7. The predicted octanol–water partition coefficient (Wildman–Crippen LogP) is 3.77. The van der Waals surface area contributed by atoms with Gasteiger partial charge in [-0.3, -0.25) is 4.79 Å². The Balaban J connectivity index is 1.61. The van der Waals surface area contributed by atoms with Gasteiger partial charge in [0.2, 0.25) is 0 Å². The highest BCUT2D eigenvalue weighted by Gasteiger charge is 2.50. The number of aliphatic hydroxyl groups is 2. The fraction of sp³-hybridized carbons (Fsp3) is 0.783. The van der Waals surface area contributed by atoms with E-state index in [2.05, 4.69) is 24.8 Å². The molecule has 3 aliphatic rings. The third kappa shape index (κ3) is 4.76. The summed E-state index contributed by atoms with van der Waals surface area (Å²) in [7, 11) is 0. The first-order valence-corrected chi connectivity index (χ1v) is 10.8. The summed E-state index contributed by atoms with van der Waals surface area (Å²) in [5.74, 6) is 7.12. The van der Waals surface area contributed by atoms with Crippen molar-refractivity contribution in [2.75, 3.05) is 0 Å². The molecule has 3 saturated carbocycles. The van der Waals surface area contributed by atoms with Crippen LogP contribution in [0.3, 0.4) is 0 Å². The van der Waals surface area contributed by atoms with Crippen LogP contribution in [-0.4, -0.2) is 33.5 Å². The molecule has 0 spiro atoms. The summed E-state index contributed by atoms with van der Waals surface area (Å²) in [4.78, 5) is 10.7. The number of unbranched alkanes of at least 4 members (excludes halogenated alkanes) is 1. The van der Waals surface area contributed by atoms with Crippen molar-refractivity contribution in [3.8, 4) is 11.8 Å². The summed E-state index contributed by atoms with van der Waals surface area (Å²) in [6.45, 7) is 2.20. The number of carboxylic acids is 1. The lowest BCUT2D eigenvalue weighted by Gasteiger charge is -2.53. The average Bonchev–Trinajstić information content (AvgIpc) is 2.66. The van der Waals surface area contributed by atoms with Crippen LogP contribution in [0, 0.1) is 41.4 Å². The molecule has 0 heterocycles. The molecule has 27 heavy (non-hydrogen) atoms. The molecule has 150 valence electrons. The first-order chi connectivity index (χ1) is 13.0. The largest absolute Gasteiger partial charge is 0.481 e. The lowest BCUT2D eigenvalue weighted by Crippen LogP contribution is -2.50. The van der Waals surface area contributed by atoms with E-state index in [-0.39, 0.29) is 12.3 Å². The van der Waals surface area contributed by atoms with Gasteiger partial charge in [0, 0.05) is 6.42 Å². The highest BCUT2D eigenvalue weighted by molar-refractivity contribution is 5.66. The van der Waals surface area contributed by atoms with Gasteiger partial charge >= 0.3 is 5.97 Å². The number of hydrogen-bond donors (Lipinski definition) is 3. The van der Waals surface area contributed by atoms with Crippen molar-refractivity contribution in [3.63, 3.8) is 0 Å². The van der Waals surface area contributed by atoms with Gasteiger partial charge in [-0.05, 0) is 62.2 Å². The minimum atomic E-state index is -0.736. The Morgan fingerprint density at radius 3 is 2.67 bits per heavy atom. The van der Waals surface area contributed by atoms with Crippen LogP contribution in [0.25, 0.3) is 0 Å². The number of rotatable bonds is 5. The van der Waals surface area contributed by atoms with Gasteiger partial charge in [-0.15, -0.1) is 0 Å². The minimum Gasteiger partial charge on any atom is -0.481 e. The minimum absolute atomic E-state index is 0.0480. The van der Waals surface area contributed by atoms with Gasteiger partial charge in [-0.2, -0.15) is 0 Å². The molecule has 3 N–H and O–H groups in total. The second-order valence-electron chi connectivity index (χ2n) is 8.76.